The molecule has 0 radical (unpaired) electrons. The van der Waals surface area contributed by atoms with Crippen LogP contribution in [-0.2, 0) is 14.1 Å². The lowest BCUT2D eigenvalue weighted by molar-refractivity contribution is 0.528. The second-order valence-electron chi connectivity index (χ2n) is 4.28. The largest absolute Gasteiger partial charge is 0.419 e. The molecule has 7 heteroatoms. The maximum absolute atomic E-state index is 11.5. The summed E-state index contributed by atoms with van der Waals surface area (Å²) in [6, 6.07) is 5.45. The van der Waals surface area contributed by atoms with Crippen LogP contribution in [0.2, 0.25) is 0 Å². The van der Waals surface area contributed by atoms with Gasteiger partial charge in [0.15, 0.2) is 5.58 Å². The molecule has 98 valence electrons. The van der Waals surface area contributed by atoms with Gasteiger partial charge in [0.1, 0.15) is 11.5 Å². The maximum atomic E-state index is 11.5. The third-order valence-corrected chi connectivity index (χ3v) is 3.88. The highest BCUT2D eigenvalue weighted by molar-refractivity contribution is 9.10. The Morgan fingerprint density at radius 2 is 2.11 bits per heavy atom. The number of nitrogen functional groups attached to an aromatic ring is 1. The van der Waals surface area contributed by atoms with Crippen LogP contribution in [-0.4, -0.2) is 14.3 Å². The topological polar surface area (TPSA) is 79.0 Å². The number of aromatic nitrogens is 3. The summed E-state index contributed by atoms with van der Waals surface area (Å²) in [5.74, 6) is 0.169. The molecule has 0 bridgehead atoms. The highest BCUT2D eigenvalue weighted by atomic mass is 79.9. The van der Waals surface area contributed by atoms with E-state index >= 15 is 0 Å². The number of benzene rings is 1. The Hall–Kier alpha value is -2.02. The number of hydrogen-bond acceptors (Lipinski definition) is 4. The third kappa shape index (κ3) is 1.69. The Kier molecular flexibility index (Phi) is 2.53. The van der Waals surface area contributed by atoms with Crippen LogP contribution in [0.4, 0.5) is 5.82 Å². The Morgan fingerprint density at radius 1 is 1.37 bits per heavy atom. The van der Waals surface area contributed by atoms with Crippen molar-refractivity contribution in [3.05, 3.63) is 33.2 Å². The summed E-state index contributed by atoms with van der Waals surface area (Å²) < 4.78 is 8.89. The van der Waals surface area contributed by atoms with Gasteiger partial charge in [-0.15, -0.1) is 0 Å². The van der Waals surface area contributed by atoms with Crippen LogP contribution < -0.4 is 11.5 Å². The summed E-state index contributed by atoms with van der Waals surface area (Å²) in [6.07, 6.45) is 0. The van der Waals surface area contributed by atoms with E-state index in [4.69, 9.17) is 10.2 Å². The van der Waals surface area contributed by atoms with Crippen molar-refractivity contribution in [1.29, 1.82) is 0 Å². The zero-order valence-electron chi connectivity index (χ0n) is 10.3. The quantitative estimate of drug-likeness (QED) is 0.741. The highest BCUT2D eigenvalue weighted by Gasteiger charge is 2.15. The number of nitrogens with zero attached hydrogens (tertiary/aromatic N) is 3. The van der Waals surface area contributed by atoms with E-state index in [1.54, 1.807) is 24.8 Å². The maximum Gasteiger partial charge on any atom is 0.419 e. The van der Waals surface area contributed by atoms with E-state index < -0.39 is 0 Å². The number of oxazole rings is 1. The molecule has 0 spiro atoms. The van der Waals surface area contributed by atoms with E-state index in [9.17, 15) is 4.79 Å². The molecule has 0 aliphatic rings. The van der Waals surface area contributed by atoms with Crippen molar-refractivity contribution in [2.75, 3.05) is 5.73 Å². The fraction of sp³-hybridized carbons (Fsp3) is 0.167. The molecule has 19 heavy (non-hydrogen) atoms. The molecule has 3 aromatic rings. The first-order valence-electron chi connectivity index (χ1n) is 5.57. The summed E-state index contributed by atoms with van der Waals surface area (Å²) in [5.41, 5.74) is 8.74. The van der Waals surface area contributed by atoms with E-state index in [1.165, 1.54) is 4.57 Å². The van der Waals surface area contributed by atoms with Crippen molar-refractivity contribution in [3.63, 3.8) is 0 Å². The van der Waals surface area contributed by atoms with Gasteiger partial charge >= 0.3 is 5.76 Å². The first-order chi connectivity index (χ1) is 8.99. The van der Waals surface area contributed by atoms with Crippen LogP contribution in [0, 0.1) is 0 Å². The predicted molar refractivity (Wildman–Crippen MR) is 75.8 cm³/mol. The van der Waals surface area contributed by atoms with Gasteiger partial charge in [-0.25, -0.2) is 4.79 Å². The first kappa shape index (κ1) is 12.0. The molecule has 1 aromatic carbocycles. The molecule has 0 fully saturated rings. The fourth-order valence-electron chi connectivity index (χ4n) is 1.97. The van der Waals surface area contributed by atoms with Crippen LogP contribution in [0.1, 0.15) is 0 Å². The van der Waals surface area contributed by atoms with Crippen LogP contribution in [0.3, 0.4) is 0 Å². The average Bonchev–Trinajstić information content (AvgIpc) is 2.82. The van der Waals surface area contributed by atoms with Crippen LogP contribution in [0.5, 0.6) is 0 Å². The number of fused-ring (bicyclic) bond motifs is 1. The second-order valence-corrected chi connectivity index (χ2v) is 5.07. The molecule has 0 unspecified atom stereocenters. The lowest BCUT2D eigenvalue weighted by Gasteiger charge is -1.98. The average molecular weight is 323 g/mol. The summed E-state index contributed by atoms with van der Waals surface area (Å²) >= 11 is 3.43. The lowest BCUT2D eigenvalue weighted by atomic mass is 10.1. The molecule has 6 nitrogen and oxygen atoms in total. The minimum atomic E-state index is -0.383. The summed E-state index contributed by atoms with van der Waals surface area (Å²) in [5, 5.41) is 4.35. The van der Waals surface area contributed by atoms with Crippen LogP contribution in [0.15, 0.2) is 31.9 Å². The molecule has 0 saturated heterocycles. The molecule has 2 aromatic heterocycles. The van der Waals surface area contributed by atoms with E-state index in [-0.39, 0.29) is 5.76 Å². The van der Waals surface area contributed by atoms with E-state index in [0.29, 0.717) is 11.4 Å². The third-order valence-electron chi connectivity index (χ3n) is 3.10. The minimum Gasteiger partial charge on any atom is -0.408 e. The molecule has 0 aliphatic carbocycles. The summed E-state index contributed by atoms with van der Waals surface area (Å²) in [7, 11) is 3.44. The highest BCUT2D eigenvalue weighted by Crippen LogP contribution is 2.32. The molecule has 2 heterocycles. The molecule has 0 amide bonds. The SMILES string of the molecule is Cn1nc(-c2ccc3oc(=O)n(C)c3c2)c(Br)c1N. The summed E-state index contributed by atoms with van der Waals surface area (Å²) in [4.78, 5) is 11.5. The van der Waals surface area contributed by atoms with Gasteiger partial charge in [0.2, 0.25) is 0 Å². The Morgan fingerprint density at radius 3 is 2.74 bits per heavy atom. The molecule has 0 aliphatic heterocycles. The molecule has 0 atom stereocenters. The summed E-state index contributed by atoms with van der Waals surface area (Å²) in [6.45, 7) is 0. The van der Waals surface area contributed by atoms with Crippen molar-refractivity contribution in [1.82, 2.24) is 14.3 Å². The van der Waals surface area contributed by atoms with Crippen molar-refractivity contribution < 1.29 is 4.42 Å². The van der Waals surface area contributed by atoms with Gasteiger partial charge in [-0.2, -0.15) is 5.10 Å². The number of nitrogens with two attached hydrogens (primary N) is 1. The predicted octanol–water partition coefficient (Wildman–Crippen LogP) is 1.88. The second kappa shape index (κ2) is 3.99. The normalized spacial score (nSPS) is 11.3. The van der Waals surface area contributed by atoms with Crippen molar-refractivity contribution in [3.8, 4) is 11.3 Å². The minimum absolute atomic E-state index is 0.383. The standard InChI is InChI=1S/C12H11BrN4O2/c1-16-7-5-6(3-4-8(7)19-12(16)18)10-9(13)11(14)17(2)15-10/h3-5H,14H2,1-2H3. The zero-order chi connectivity index (χ0) is 13.7. The molecule has 3 rings (SSSR count). The van der Waals surface area contributed by atoms with Gasteiger partial charge in [-0.3, -0.25) is 9.25 Å². The fourth-order valence-corrected chi connectivity index (χ4v) is 2.53. The van der Waals surface area contributed by atoms with E-state index in [1.807, 2.05) is 12.1 Å². The van der Waals surface area contributed by atoms with Crippen molar-refractivity contribution in [2.24, 2.45) is 14.1 Å². The van der Waals surface area contributed by atoms with Crippen molar-refractivity contribution >= 4 is 32.8 Å². The number of hydrogen-bond donors (Lipinski definition) is 1. The Bertz CT molecular complexity index is 843. The number of rotatable bonds is 1. The van der Waals surface area contributed by atoms with Crippen LogP contribution >= 0.6 is 15.9 Å². The lowest BCUT2D eigenvalue weighted by Crippen LogP contribution is -2.08. The smallest absolute Gasteiger partial charge is 0.408 e. The number of anilines is 1. The Labute approximate surface area is 116 Å². The van der Waals surface area contributed by atoms with Gasteiger partial charge in [-0.05, 0) is 34.1 Å². The Balaban J connectivity index is 2.28. The van der Waals surface area contributed by atoms with Gasteiger partial charge in [0, 0.05) is 19.7 Å². The van der Waals surface area contributed by atoms with E-state index in [2.05, 4.69) is 21.0 Å². The first-order valence-corrected chi connectivity index (χ1v) is 6.36. The van der Waals surface area contributed by atoms with Gasteiger partial charge in [0.05, 0.1) is 9.99 Å². The van der Waals surface area contributed by atoms with Crippen LogP contribution in [0.25, 0.3) is 22.4 Å². The number of aryl methyl sites for hydroxylation is 2. The zero-order valence-corrected chi connectivity index (χ0v) is 11.9. The number of halogens is 1. The molecule has 0 saturated carbocycles. The van der Waals surface area contributed by atoms with E-state index in [0.717, 1.165) is 21.2 Å². The molecule has 2 N–H and O–H groups in total. The van der Waals surface area contributed by atoms with Crippen molar-refractivity contribution in [2.45, 2.75) is 0 Å². The van der Waals surface area contributed by atoms with Gasteiger partial charge in [-0.1, -0.05) is 0 Å². The molecular weight excluding hydrogens is 312 g/mol. The van der Waals surface area contributed by atoms with Gasteiger partial charge < -0.3 is 10.2 Å². The molecular formula is C12H11BrN4O2. The van der Waals surface area contributed by atoms with Gasteiger partial charge in [0.25, 0.3) is 0 Å². The monoisotopic (exact) mass is 322 g/mol.